The summed E-state index contributed by atoms with van der Waals surface area (Å²) in [6.45, 7) is 0. The van der Waals surface area contributed by atoms with E-state index >= 15 is 0 Å². The lowest BCUT2D eigenvalue weighted by Gasteiger charge is -2.02. The van der Waals surface area contributed by atoms with Crippen LogP contribution in [0.25, 0.3) is 0 Å². The minimum Gasteiger partial charge on any atom is -0.497 e. The molecule has 98 valence electrons. The van der Waals surface area contributed by atoms with Gasteiger partial charge in [0.2, 0.25) is 5.91 Å². The van der Waals surface area contributed by atoms with E-state index in [1.807, 2.05) is 24.3 Å². The standard InChI is InChI=1S/C14H14N2O3/c1-18-13-4-2-11(3-5-13)8-14(17)16-15-9-12-6-7-19-10-12/h2-7,9-10H,8H2,1H3,(H,16,17)/b15-9+. The maximum Gasteiger partial charge on any atom is 0.244 e. The van der Waals surface area contributed by atoms with Crippen molar-refractivity contribution in [1.82, 2.24) is 5.43 Å². The van der Waals surface area contributed by atoms with Crippen molar-refractivity contribution >= 4 is 12.1 Å². The molecule has 5 heteroatoms. The number of nitrogens with zero attached hydrogens (tertiary/aromatic N) is 1. The van der Waals surface area contributed by atoms with Crippen molar-refractivity contribution in [1.29, 1.82) is 0 Å². The van der Waals surface area contributed by atoms with Gasteiger partial charge in [-0.15, -0.1) is 0 Å². The molecule has 0 saturated carbocycles. The Morgan fingerprint density at radius 1 is 1.37 bits per heavy atom. The van der Waals surface area contributed by atoms with Crippen LogP contribution in [0.2, 0.25) is 0 Å². The van der Waals surface area contributed by atoms with Crippen LogP contribution in [0, 0.1) is 0 Å². The van der Waals surface area contributed by atoms with Crippen molar-refractivity contribution < 1.29 is 13.9 Å². The molecule has 0 aliphatic heterocycles. The monoisotopic (exact) mass is 258 g/mol. The average molecular weight is 258 g/mol. The molecule has 0 bridgehead atoms. The highest BCUT2D eigenvalue weighted by molar-refractivity contribution is 5.82. The molecular formula is C14H14N2O3. The molecule has 2 rings (SSSR count). The molecule has 0 aliphatic carbocycles. The van der Waals surface area contributed by atoms with Crippen molar-refractivity contribution in [3.8, 4) is 5.75 Å². The molecule has 0 spiro atoms. The van der Waals surface area contributed by atoms with Gasteiger partial charge in [0.05, 0.1) is 32.3 Å². The summed E-state index contributed by atoms with van der Waals surface area (Å²) in [5, 5.41) is 3.83. The third-order valence-corrected chi connectivity index (χ3v) is 2.47. The Morgan fingerprint density at radius 2 is 2.16 bits per heavy atom. The topological polar surface area (TPSA) is 63.8 Å². The molecule has 1 heterocycles. The predicted octanol–water partition coefficient (Wildman–Crippen LogP) is 1.98. The van der Waals surface area contributed by atoms with E-state index in [0.717, 1.165) is 16.9 Å². The Morgan fingerprint density at radius 3 is 2.79 bits per heavy atom. The first kappa shape index (κ1) is 12.9. The van der Waals surface area contributed by atoms with E-state index < -0.39 is 0 Å². The second-order valence-corrected chi connectivity index (χ2v) is 3.87. The van der Waals surface area contributed by atoms with Gasteiger partial charge in [0.25, 0.3) is 0 Å². The van der Waals surface area contributed by atoms with Gasteiger partial charge in [0.1, 0.15) is 5.75 Å². The number of carbonyl (C=O) groups excluding carboxylic acids is 1. The van der Waals surface area contributed by atoms with Gasteiger partial charge in [-0.25, -0.2) is 5.43 Å². The normalized spacial score (nSPS) is 10.6. The summed E-state index contributed by atoms with van der Waals surface area (Å²) in [6.07, 6.45) is 4.88. The van der Waals surface area contributed by atoms with Crippen LogP contribution < -0.4 is 10.2 Å². The van der Waals surface area contributed by atoms with E-state index in [4.69, 9.17) is 9.15 Å². The zero-order valence-electron chi connectivity index (χ0n) is 10.5. The van der Waals surface area contributed by atoms with Gasteiger partial charge in [0, 0.05) is 5.56 Å². The van der Waals surface area contributed by atoms with Crippen LogP contribution >= 0.6 is 0 Å². The maximum absolute atomic E-state index is 11.6. The summed E-state index contributed by atoms with van der Waals surface area (Å²) in [6, 6.07) is 9.07. The fraction of sp³-hybridized carbons (Fsp3) is 0.143. The Labute approximate surface area is 110 Å². The summed E-state index contributed by atoms with van der Waals surface area (Å²) in [7, 11) is 1.60. The number of hydrogen-bond acceptors (Lipinski definition) is 4. The molecule has 0 saturated heterocycles. The second-order valence-electron chi connectivity index (χ2n) is 3.87. The molecule has 0 atom stereocenters. The summed E-state index contributed by atoms with van der Waals surface area (Å²) < 4.78 is 9.92. The third kappa shape index (κ3) is 3.99. The van der Waals surface area contributed by atoms with Crippen LogP contribution in [-0.2, 0) is 11.2 Å². The van der Waals surface area contributed by atoms with E-state index in [2.05, 4.69) is 10.5 Å². The zero-order chi connectivity index (χ0) is 13.5. The maximum atomic E-state index is 11.6. The van der Waals surface area contributed by atoms with Crippen molar-refractivity contribution in [3.63, 3.8) is 0 Å². The predicted molar refractivity (Wildman–Crippen MR) is 71.1 cm³/mol. The SMILES string of the molecule is COc1ccc(CC(=O)N/N=C/c2ccoc2)cc1. The van der Waals surface area contributed by atoms with Crippen LogP contribution in [0.1, 0.15) is 11.1 Å². The second kappa shape index (κ2) is 6.39. The van der Waals surface area contributed by atoms with Crippen LogP contribution in [0.15, 0.2) is 52.4 Å². The zero-order valence-corrected chi connectivity index (χ0v) is 10.5. The number of amides is 1. The Bertz CT molecular complexity index is 545. The van der Waals surface area contributed by atoms with Gasteiger partial charge in [-0.2, -0.15) is 5.10 Å². The average Bonchev–Trinajstić information content (AvgIpc) is 2.93. The van der Waals surface area contributed by atoms with Gasteiger partial charge in [-0.1, -0.05) is 12.1 Å². The lowest BCUT2D eigenvalue weighted by atomic mass is 10.1. The lowest BCUT2D eigenvalue weighted by molar-refractivity contribution is -0.120. The fourth-order valence-electron chi connectivity index (χ4n) is 1.50. The first-order chi connectivity index (χ1) is 9.28. The number of methoxy groups -OCH3 is 1. The Kier molecular flexibility index (Phi) is 4.34. The number of benzene rings is 1. The molecule has 1 aromatic heterocycles. The first-order valence-corrected chi connectivity index (χ1v) is 5.75. The van der Waals surface area contributed by atoms with E-state index in [1.165, 1.54) is 6.21 Å². The molecule has 19 heavy (non-hydrogen) atoms. The minimum atomic E-state index is -0.176. The van der Waals surface area contributed by atoms with Gasteiger partial charge in [-0.05, 0) is 23.8 Å². The molecule has 0 unspecified atom stereocenters. The van der Waals surface area contributed by atoms with Gasteiger partial charge < -0.3 is 9.15 Å². The number of hydrazone groups is 1. The van der Waals surface area contributed by atoms with E-state index in [-0.39, 0.29) is 12.3 Å². The van der Waals surface area contributed by atoms with Gasteiger partial charge in [-0.3, -0.25) is 4.79 Å². The summed E-state index contributed by atoms with van der Waals surface area (Å²) in [4.78, 5) is 11.6. The van der Waals surface area contributed by atoms with Crippen molar-refractivity contribution in [2.45, 2.75) is 6.42 Å². The number of furan rings is 1. The number of ether oxygens (including phenoxy) is 1. The highest BCUT2D eigenvalue weighted by Crippen LogP contribution is 2.11. The number of rotatable bonds is 5. The van der Waals surface area contributed by atoms with Crippen molar-refractivity contribution in [3.05, 3.63) is 54.0 Å². The Balaban J connectivity index is 1.83. The molecule has 1 aromatic carbocycles. The quantitative estimate of drug-likeness (QED) is 0.659. The molecule has 0 aliphatic rings. The highest BCUT2D eigenvalue weighted by atomic mass is 16.5. The smallest absolute Gasteiger partial charge is 0.244 e. The summed E-state index contributed by atoms with van der Waals surface area (Å²) in [5.41, 5.74) is 4.15. The molecule has 5 nitrogen and oxygen atoms in total. The lowest BCUT2D eigenvalue weighted by Crippen LogP contribution is -2.19. The van der Waals surface area contributed by atoms with Gasteiger partial charge in [0.15, 0.2) is 0 Å². The largest absolute Gasteiger partial charge is 0.497 e. The summed E-state index contributed by atoms with van der Waals surface area (Å²) >= 11 is 0. The molecular weight excluding hydrogens is 244 g/mol. The number of hydrogen-bond donors (Lipinski definition) is 1. The molecule has 2 aromatic rings. The van der Waals surface area contributed by atoms with Gasteiger partial charge >= 0.3 is 0 Å². The van der Waals surface area contributed by atoms with Crippen LogP contribution in [-0.4, -0.2) is 19.2 Å². The van der Waals surface area contributed by atoms with Crippen molar-refractivity contribution in [2.75, 3.05) is 7.11 Å². The minimum absolute atomic E-state index is 0.176. The summed E-state index contributed by atoms with van der Waals surface area (Å²) in [5.74, 6) is 0.590. The van der Waals surface area contributed by atoms with Crippen LogP contribution in [0.4, 0.5) is 0 Å². The van der Waals surface area contributed by atoms with Crippen molar-refractivity contribution in [2.24, 2.45) is 5.10 Å². The highest BCUT2D eigenvalue weighted by Gasteiger charge is 2.02. The first-order valence-electron chi connectivity index (χ1n) is 5.75. The molecule has 1 N–H and O–H groups in total. The van der Waals surface area contributed by atoms with Crippen LogP contribution in [0.5, 0.6) is 5.75 Å². The van der Waals surface area contributed by atoms with Crippen LogP contribution in [0.3, 0.4) is 0 Å². The van der Waals surface area contributed by atoms with E-state index in [9.17, 15) is 4.79 Å². The number of nitrogens with one attached hydrogen (secondary N) is 1. The third-order valence-electron chi connectivity index (χ3n) is 2.47. The Hall–Kier alpha value is -2.56. The molecule has 0 fully saturated rings. The van der Waals surface area contributed by atoms with E-state index in [1.54, 1.807) is 25.7 Å². The number of carbonyl (C=O) groups is 1. The van der Waals surface area contributed by atoms with E-state index in [0.29, 0.717) is 0 Å². The fourth-order valence-corrected chi connectivity index (χ4v) is 1.50. The molecule has 1 amide bonds. The molecule has 0 radical (unpaired) electrons.